The van der Waals surface area contributed by atoms with Crippen LogP contribution >= 0.6 is 12.4 Å². The van der Waals surface area contributed by atoms with E-state index in [1.54, 1.807) is 24.3 Å². The molecule has 4 rings (SSSR count). The first-order chi connectivity index (χ1) is 16.0. The molecule has 34 heavy (non-hydrogen) atoms. The third-order valence-electron chi connectivity index (χ3n) is 6.03. The summed E-state index contributed by atoms with van der Waals surface area (Å²) >= 11 is 0. The monoisotopic (exact) mass is 483 g/mol. The maximum absolute atomic E-state index is 13.0. The van der Waals surface area contributed by atoms with Gasteiger partial charge in [-0.1, -0.05) is 42.5 Å². The van der Waals surface area contributed by atoms with E-state index in [1.807, 2.05) is 30.3 Å². The third-order valence-corrected chi connectivity index (χ3v) is 6.03. The minimum Gasteiger partial charge on any atom is -0.507 e. The van der Waals surface area contributed by atoms with Gasteiger partial charge in [0.1, 0.15) is 11.3 Å². The molecule has 1 aliphatic heterocycles. The summed E-state index contributed by atoms with van der Waals surface area (Å²) in [5.74, 6) is -0.673. The predicted octanol–water partition coefficient (Wildman–Crippen LogP) is 3.56. The van der Waals surface area contributed by atoms with Crippen LogP contribution in [0.25, 0.3) is 11.0 Å². The maximum atomic E-state index is 13.0. The lowest BCUT2D eigenvalue weighted by Gasteiger charge is -2.21. The zero-order valence-corrected chi connectivity index (χ0v) is 19.7. The molecule has 1 fully saturated rings. The van der Waals surface area contributed by atoms with E-state index in [0.717, 1.165) is 30.9 Å². The van der Waals surface area contributed by atoms with Gasteiger partial charge in [0.05, 0.1) is 10.9 Å². The largest absolute Gasteiger partial charge is 0.507 e. The Morgan fingerprint density at radius 1 is 1.03 bits per heavy atom. The molecule has 9 heteroatoms. The number of hydrogen-bond acceptors (Lipinski definition) is 6. The highest BCUT2D eigenvalue weighted by atomic mass is 35.5. The van der Waals surface area contributed by atoms with E-state index in [4.69, 9.17) is 15.9 Å². The molecule has 2 heterocycles. The summed E-state index contributed by atoms with van der Waals surface area (Å²) < 4.78 is 5.57. The summed E-state index contributed by atoms with van der Waals surface area (Å²) in [5.41, 5.74) is 12.7. The molecule has 180 valence electrons. The van der Waals surface area contributed by atoms with Crippen molar-refractivity contribution in [1.82, 2.24) is 4.90 Å². The number of hydrogen-bond donors (Lipinski definition) is 3. The molecule has 0 amide bonds. The van der Waals surface area contributed by atoms with Crippen LogP contribution < -0.4 is 17.1 Å². The number of nitrogens with two attached hydrogens (primary N) is 2. The first kappa shape index (κ1) is 25.3. The van der Waals surface area contributed by atoms with Crippen molar-refractivity contribution in [1.29, 1.82) is 0 Å². The molecule has 1 saturated heterocycles. The van der Waals surface area contributed by atoms with Gasteiger partial charge < -0.3 is 25.9 Å². The van der Waals surface area contributed by atoms with E-state index in [1.165, 1.54) is 12.8 Å². The number of aromatic hydroxyl groups is 1. The van der Waals surface area contributed by atoms with Crippen LogP contribution in [0, 0.1) is 0 Å². The SMILES string of the molecule is Cl.NC(N)=N/N=C(\CCN1CCCC1)CC(c1ccccc1)c1c(O)c2ccccc2oc1=O. The number of fused-ring (bicyclic) bond motifs is 1. The molecule has 2 aromatic carbocycles. The molecular weight excluding hydrogens is 454 g/mol. The fourth-order valence-corrected chi connectivity index (χ4v) is 4.38. The number of para-hydroxylation sites is 1. The molecule has 0 bridgehead atoms. The van der Waals surface area contributed by atoms with Gasteiger partial charge in [0.15, 0.2) is 0 Å². The number of nitrogens with zero attached hydrogens (tertiary/aromatic N) is 3. The van der Waals surface area contributed by atoms with Gasteiger partial charge in [-0.05, 0) is 50.0 Å². The Kier molecular flexibility index (Phi) is 8.67. The molecule has 1 unspecified atom stereocenters. The Hall–Kier alpha value is -3.36. The zero-order valence-electron chi connectivity index (χ0n) is 18.9. The Morgan fingerprint density at radius 2 is 1.71 bits per heavy atom. The molecule has 0 aliphatic carbocycles. The topological polar surface area (TPSA) is 130 Å². The number of likely N-dealkylation sites (tertiary alicyclic amines) is 1. The van der Waals surface area contributed by atoms with Gasteiger partial charge in [-0.15, -0.1) is 17.5 Å². The van der Waals surface area contributed by atoms with Gasteiger partial charge in [-0.3, -0.25) is 0 Å². The molecule has 1 aromatic heterocycles. The minimum atomic E-state index is -0.569. The fraction of sp³-hybridized carbons (Fsp3) is 0.320. The van der Waals surface area contributed by atoms with E-state index in [2.05, 4.69) is 15.1 Å². The molecule has 3 aromatic rings. The quantitative estimate of drug-likeness (QED) is 0.194. The summed E-state index contributed by atoms with van der Waals surface area (Å²) in [6.07, 6.45) is 3.41. The molecule has 1 atom stereocenters. The average Bonchev–Trinajstić information content (AvgIpc) is 3.34. The Bertz CT molecular complexity index is 1220. The molecule has 5 N–H and O–H groups in total. The van der Waals surface area contributed by atoms with E-state index in [9.17, 15) is 9.90 Å². The second-order valence-corrected chi connectivity index (χ2v) is 8.31. The van der Waals surface area contributed by atoms with Crippen LogP contribution in [-0.4, -0.2) is 41.3 Å². The normalized spacial score (nSPS) is 15.1. The number of rotatable bonds is 8. The van der Waals surface area contributed by atoms with Crippen molar-refractivity contribution in [3.8, 4) is 5.75 Å². The van der Waals surface area contributed by atoms with Gasteiger partial charge in [0.25, 0.3) is 0 Å². The highest BCUT2D eigenvalue weighted by Crippen LogP contribution is 2.36. The van der Waals surface area contributed by atoms with Crippen molar-refractivity contribution in [2.24, 2.45) is 21.7 Å². The molecule has 0 radical (unpaired) electrons. The Balaban J connectivity index is 0.00000324. The second-order valence-electron chi connectivity index (χ2n) is 8.31. The lowest BCUT2D eigenvalue weighted by atomic mass is 9.86. The highest BCUT2D eigenvalue weighted by molar-refractivity contribution is 5.88. The number of halogens is 1. The van der Waals surface area contributed by atoms with E-state index in [-0.39, 0.29) is 29.7 Å². The smallest absolute Gasteiger partial charge is 0.343 e. The maximum Gasteiger partial charge on any atom is 0.343 e. The van der Waals surface area contributed by atoms with Crippen LogP contribution in [0.15, 0.2) is 74.0 Å². The summed E-state index contributed by atoms with van der Waals surface area (Å²) in [4.78, 5) is 15.4. The molecule has 1 aliphatic rings. The summed E-state index contributed by atoms with van der Waals surface area (Å²) in [5, 5.41) is 19.8. The van der Waals surface area contributed by atoms with E-state index >= 15 is 0 Å². The van der Waals surface area contributed by atoms with Crippen molar-refractivity contribution >= 4 is 35.0 Å². The number of benzene rings is 2. The van der Waals surface area contributed by atoms with Crippen molar-refractivity contribution in [3.05, 3.63) is 76.1 Å². The first-order valence-corrected chi connectivity index (χ1v) is 11.2. The summed E-state index contributed by atoms with van der Waals surface area (Å²) in [6, 6.07) is 16.5. The van der Waals surface area contributed by atoms with E-state index < -0.39 is 11.5 Å². The van der Waals surface area contributed by atoms with Gasteiger partial charge in [0, 0.05) is 24.6 Å². The Labute approximate surface area is 204 Å². The van der Waals surface area contributed by atoms with Crippen LogP contribution in [0.4, 0.5) is 0 Å². The first-order valence-electron chi connectivity index (χ1n) is 11.2. The standard InChI is InChI=1S/C25H29N5O3.ClH/c26-25(27)29-28-18(12-15-30-13-6-7-14-30)16-20(17-8-2-1-3-9-17)22-23(31)19-10-4-5-11-21(19)33-24(22)32;/h1-5,8-11,20,31H,6-7,12-16H2,(H4,26,27,29);1H/b28-18+;. The van der Waals surface area contributed by atoms with Crippen LogP contribution in [0.3, 0.4) is 0 Å². The average molecular weight is 484 g/mol. The summed E-state index contributed by atoms with van der Waals surface area (Å²) in [7, 11) is 0. The fourth-order valence-electron chi connectivity index (χ4n) is 4.38. The van der Waals surface area contributed by atoms with E-state index in [0.29, 0.717) is 23.8 Å². The van der Waals surface area contributed by atoms with Crippen molar-refractivity contribution in [3.63, 3.8) is 0 Å². The predicted molar refractivity (Wildman–Crippen MR) is 138 cm³/mol. The van der Waals surface area contributed by atoms with Gasteiger partial charge >= 0.3 is 5.63 Å². The molecular formula is C25H30ClN5O3. The van der Waals surface area contributed by atoms with Gasteiger partial charge in [-0.25, -0.2) is 4.79 Å². The van der Waals surface area contributed by atoms with Crippen molar-refractivity contribution in [2.45, 2.75) is 31.6 Å². The summed E-state index contributed by atoms with van der Waals surface area (Å²) in [6.45, 7) is 2.96. The van der Waals surface area contributed by atoms with Crippen LogP contribution in [-0.2, 0) is 0 Å². The number of guanidine groups is 1. The van der Waals surface area contributed by atoms with Crippen molar-refractivity contribution < 1.29 is 9.52 Å². The van der Waals surface area contributed by atoms with Gasteiger partial charge in [0.2, 0.25) is 5.96 Å². The lowest BCUT2D eigenvalue weighted by Crippen LogP contribution is -2.25. The van der Waals surface area contributed by atoms with Crippen LogP contribution in [0.5, 0.6) is 5.75 Å². The molecule has 0 spiro atoms. The minimum absolute atomic E-state index is 0. The van der Waals surface area contributed by atoms with Crippen LogP contribution in [0.2, 0.25) is 0 Å². The third kappa shape index (κ3) is 5.95. The molecule has 0 saturated carbocycles. The molecule has 8 nitrogen and oxygen atoms in total. The lowest BCUT2D eigenvalue weighted by molar-refractivity contribution is 0.349. The van der Waals surface area contributed by atoms with Gasteiger partial charge in [-0.2, -0.15) is 5.10 Å². The van der Waals surface area contributed by atoms with Crippen LogP contribution in [0.1, 0.15) is 42.7 Å². The Morgan fingerprint density at radius 3 is 2.41 bits per heavy atom. The van der Waals surface area contributed by atoms with Crippen molar-refractivity contribution in [2.75, 3.05) is 19.6 Å². The zero-order chi connectivity index (χ0) is 23.2. The second kappa shape index (κ2) is 11.7. The highest BCUT2D eigenvalue weighted by Gasteiger charge is 2.26.